The van der Waals surface area contributed by atoms with Gasteiger partial charge in [-0.05, 0) is 79.1 Å². The molecule has 25 heavy (non-hydrogen) atoms. The Labute approximate surface area is 151 Å². The Morgan fingerprint density at radius 3 is 2.64 bits per heavy atom. The van der Waals surface area contributed by atoms with Crippen molar-refractivity contribution in [1.82, 2.24) is 4.90 Å². The summed E-state index contributed by atoms with van der Waals surface area (Å²) < 4.78 is 0. The molecule has 1 spiro atoms. The average Bonchev–Trinajstić information content (AvgIpc) is 2.57. The van der Waals surface area contributed by atoms with Gasteiger partial charge in [-0.3, -0.25) is 4.79 Å². The van der Waals surface area contributed by atoms with Gasteiger partial charge >= 0.3 is 0 Å². The quantitative estimate of drug-likeness (QED) is 0.680. The van der Waals surface area contributed by atoms with E-state index in [4.69, 9.17) is 0 Å². The third kappa shape index (κ3) is 1.84. The summed E-state index contributed by atoms with van der Waals surface area (Å²) in [5.41, 5.74) is 1.70. The molecule has 1 amide bonds. The van der Waals surface area contributed by atoms with E-state index >= 15 is 0 Å². The SMILES string of the molecule is C=C1[C@H]2CC[C@@]3(CC[C@@H]4[C@@]5(C)CCC[C@@]4(CN(C(C)=O)C5)[C@@H]3C2)[C@@H]1O. The standard InChI is InChI=1S/C22H33NO2/c1-14-16-5-9-21(19(14)25)10-6-17-20(3)7-4-8-22(17,18(21)11-16)13-23(12-20)15(2)24/h16-19,25H,1,4-13H2,2-3H3/t16-,17+,18+,19+,20-,21-,22-/m0/s1. The highest BCUT2D eigenvalue weighted by Crippen LogP contribution is 2.73. The molecule has 0 unspecified atom stereocenters. The van der Waals surface area contributed by atoms with E-state index in [0.717, 1.165) is 24.6 Å². The Bertz CT molecular complexity index is 644. The van der Waals surface area contributed by atoms with Gasteiger partial charge in [-0.25, -0.2) is 0 Å². The molecule has 1 aliphatic heterocycles. The van der Waals surface area contributed by atoms with Gasteiger partial charge in [0.2, 0.25) is 5.91 Å². The molecule has 1 heterocycles. The topological polar surface area (TPSA) is 40.5 Å². The van der Waals surface area contributed by atoms with Crippen molar-refractivity contribution in [3.05, 3.63) is 12.2 Å². The van der Waals surface area contributed by atoms with E-state index in [0.29, 0.717) is 11.8 Å². The van der Waals surface area contributed by atoms with Crippen LogP contribution in [0.3, 0.4) is 0 Å². The smallest absolute Gasteiger partial charge is 0.219 e. The van der Waals surface area contributed by atoms with Crippen molar-refractivity contribution in [2.24, 2.45) is 34.0 Å². The molecule has 4 bridgehead atoms. The number of rotatable bonds is 0. The minimum atomic E-state index is -0.304. The first-order chi connectivity index (χ1) is 11.8. The number of carbonyl (C=O) groups is 1. The fraction of sp³-hybridized carbons (Fsp3) is 0.864. The molecular weight excluding hydrogens is 310 g/mol. The Hall–Kier alpha value is -0.830. The molecule has 0 aromatic rings. The van der Waals surface area contributed by atoms with Crippen molar-refractivity contribution in [2.45, 2.75) is 71.3 Å². The summed E-state index contributed by atoms with van der Waals surface area (Å²) in [5, 5.41) is 11.2. The molecule has 6 rings (SSSR count). The number of nitrogens with zero attached hydrogens (tertiary/aromatic N) is 1. The summed E-state index contributed by atoms with van der Waals surface area (Å²) in [6, 6.07) is 0. The van der Waals surface area contributed by atoms with Crippen molar-refractivity contribution < 1.29 is 9.90 Å². The third-order valence-electron chi connectivity index (χ3n) is 9.59. The number of hydrogen-bond donors (Lipinski definition) is 1. The molecular formula is C22H33NO2. The van der Waals surface area contributed by atoms with Crippen molar-refractivity contribution >= 4 is 5.91 Å². The predicted molar refractivity (Wildman–Crippen MR) is 97.8 cm³/mol. The molecule has 6 aliphatic rings. The second kappa shape index (κ2) is 4.91. The molecule has 3 nitrogen and oxygen atoms in total. The zero-order valence-corrected chi connectivity index (χ0v) is 15.9. The highest BCUT2D eigenvalue weighted by Gasteiger charge is 2.69. The maximum Gasteiger partial charge on any atom is 0.219 e. The highest BCUT2D eigenvalue weighted by molar-refractivity contribution is 5.73. The second-order valence-electron chi connectivity index (χ2n) is 10.4. The van der Waals surface area contributed by atoms with Crippen molar-refractivity contribution in [3.63, 3.8) is 0 Å². The monoisotopic (exact) mass is 343 g/mol. The van der Waals surface area contributed by atoms with E-state index in [2.05, 4.69) is 18.4 Å². The molecule has 138 valence electrons. The molecule has 1 N–H and O–H groups in total. The summed E-state index contributed by atoms with van der Waals surface area (Å²) in [6.45, 7) is 10.4. The number of likely N-dealkylation sites (tertiary alicyclic amines) is 1. The van der Waals surface area contributed by atoms with Crippen LogP contribution < -0.4 is 0 Å². The Balaban J connectivity index is 1.63. The van der Waals surface area contributed by atoms with Gasteiger partial charge < -0.3 is 10.0 Å². The molecule has 0 aromatic carbocycles. The number of aliphatic hydroxyl groups is 1. The molecule has 5 aliphatic carbocycles. The van der Waals surface area contributed by atoms with Crippen LogP contribution in [0, 0.1) is 34.0 Å². The van der Waals surface area contributed by atoms with Gasteiger partial charge in [0.1, 0.15) is 0 Å². The first-order valence-electron chi connectivity index (χ1n) is 10.4. The van der Waals surface area contributed by atoms with Gasteiger partial charge in [0.05, 0.1) is 6.10 Å². The van der Waals surface area contributed by atoms with Crippen LogP contribution in [0.1, 0.15) is 65.2 Å². The Morgan fingerprint density at radius 2 is 1.88 bits per heavy atom. The number of fused-ring (bicyclic) bond motifs is 2. The summed E-state index contributed by atoms with van der Waals surface area (Å²) >= 11 is 0. The van der Waals surface area contributed by atoms with Gasteiger partial charge in [-0.15, -0.1) is 0 Å². The zero-order chi connectivity index (χ0) is 17.6. The van der Waals surface area contributed by atoms with Gasteiger partial charge in [0, 0.05) is 25.4 Å². The maximum absolute atomic E-state index is 12.3. The Morgan fingerprint density at radius 1 is 1.12 bits per heavy atom. The minimum Gasteiger partial charge on any atom is -0.388 e. The Kier molecular flexibility index (Phi) is 3.21. The molecule has 0 aromatic heterocycles. The van der Waals surface area contributed by atoms with Crippen molar-refractivity contribution in [1.29, 1.82) is 0 Å². The number of aliphatic hydroxyl groups excluding tert-OH is 1. The number of piperidine rings is 1. The largest absolute Gasteiger partial charge is 0.388 e. The second-order valence-corrected chi connectivity index (χ2v) is 10.4. The third-order valence-corrected chi connectivity index (χ3v) is 9.59. The summed E-state index contributed by atoms with van der Waals surface area (Å²) in [4.78, 5) is 14.5. The summed E-state index contributed by atoms with van der Waals surface area (Å²) in [7, 11) is 0. The van der Waals surface area contributed by atoms with Crippen molar-refractivity contribution in [3.8, 4) is 0 Å². The van der Waals surface area contributed by atoms with Gasteiger partial charge in [-0.1, -0.05) is 19.9 Å². The maximum atomic E-state index is 12.3. The normalized spacial score (nSPS) is 54.0. The van der Waals surface area contributed by atoms with Crippen LogP contribution in [0.2, 0.25) is 0 Å². The van der Waals surface area contributed by atoms with Crippen molar-refractivity contribution in [2.75, 3.05) is 13.1 Å². The lowest BCUT2D eigenvalue weighted by Crippen LogP contribution is -2.71. The van der Waals surface area contributed by atoms with E-state index < -0.39 is 0 Å². The van der Waals surface area contributed by atoms with Crippen LogP contribution in [0.5, 0.6) is 0 Å². The fourth-order valence-corrected chi connectivity index (χ4v) is 8.64. The van der Waals surface area contributed by atoms with Gasteiger partial charge in [-0.2, -0.15) is 0 Å². The summed E-state index contributed by atoms with van der Waals surface area (Å²) in [5.74, 6) is 2.08. The molecule has 1 saturated heterocycles. The predicted octanol–water partition coefficient (Wildman–Crippen LogP) is 3.77. The summed E-state index contributed by atoms with van der Waals surface area (Å²) in [6.07, 6.45) is 9.55. The van der Waals surface area contributed by atoms with E-state index in [-0.39, 0.29) is 28.3 Å². The van der Waals surface area contributed by atoms with Gasteiger partial charge in [0.25, 0.3) is 0 Å². The van der Waals surface area contributed by atoms with Crippen LogP contribution in [-0.2, 0) is 4.79 Å². The minimum absolute atomic E-state index is 0.0559. The van der Waals surface area contributed by atoms with Crippen LogP contribution >= 0.6 is 0 Å². The zero-order valence-electron chi connectivity index (χ0n) is 15.9. The van der Waals surface area contributed by atoms with E-state index in [9.17, 15) is 9.90 Å². The lowest BCUT2D eigenvalue weighted by molar-refractivity contribution is -0.238. The lowest BCUT2D eigenvalue weighted by Gasteiger charge is -2.72. The van der Waals surface area contributed by atoms with Crippen LogP contribution in [0.15, 0.2) is 12.2 Å². The molecule has 6 fully saturated rings. The van der Waals surface area contributed by atoms with Gasteiger partial charge in [0.15, 0.2) is 0 Å². The fourth-order valence-electron chi connectivity index (χ4n) is 8.64. The van der Waals surface area contributed by atoms with Crippen LogP contribution in [0.4, 0.5) is 0 Å². The molecule has 5 saturated carbocycles. The lowest BCUT2D eigenvalue weighted by atomic mass is 9.35. The molecule has 0 radical (unpaired) electrons. The van der Waals surface area contributed by atoms with Crippen LogP contribution in [0.25, 0.3) is 0 Å². The first kappa shape index (κ1) is 16.4. The number of hydrogen-bond acceptors (Lipinski definition) is 2. The average molecular weight is 344 g/mol. The molecule has 7 atom stereocenters. The highest BCUT2D eigenvalue weighted by atomic mass is 16.3. The first-order valence-corrected chi connectivity index (χ1v) is 10.4. The van der Waals surface area contributed by atoms with E-state index in [1.807, 2.05) is 0 Å². The van der Waals surface area contributed by atoms with E-state index in [1.54, 1.807) is 6.92 Å². The van der Waals surface area contributed by atoms with Crippen LogP contribution in [-0.4, -0.2) is 35.1 Å². The van der Waals surface area contributed by atoms with E-state index in [1.165, 1.54) is 51.4 Å². The number of carbonyl (C=O) groups excluding carboxylic acids is 1. The molecule has 3 heteroatoms. The number of amides is 1.